The van der Waals surface area contributed by atoms with Crippen LogP contribution in [-0.2, 0) is 6.54 Å². The minimum atomic E-state index is 0.755. The molecule has 0 radical (unpaired) electrons. The summed E-state index contributed by atoms with van der Waals surface area (Å²) in [7, 11) is 0. The molecule has 0 bridgehead atoms. The highest BCUT2D eigenvalue weighted by Crippen LogP contribution is 2.27. The second-order valence-corrected chi connectivity index (χ2v) is 4.82. The Morgan fingerprint density at radius 1 is 1.44 bits per heavy atom. The Morgan fingerprint density at radius 2 is 2.22 bits per heavy atom. The van der Waals surface area contributed by atoms with Crippen molar-refractivity contribution in [3.63, 3.8) is 0 Å². The Morgan fingerprint density at radius 3 is 2.94 bits per heavy atom. The van der Waals surface area contributed by atoms with E-state index in [1.54, 1.807) is 11.8 Å². The lowest BCUT2D eigenvalue weighted by Crippen LogP contribution is -2.02. The van der Waals surface area contributed by atoms with Crippen molar-refractivity contribution in [2.24, 2.45) is 0 Å². The molecule has 0 aliphatic heterocycles. The van der Waals surface area contributed by atoms with Gasteiger partial charge in [-0.2, -0.15) is 0 Å². The third-order valence-electron chi connectivity index (χ3n) is 2.58. The number of aryl methyl sites for hydroxylation is 1. The van der Waals surface area contributed by atoms with Crippen LogP contribution in [0.15, 0.2) is 48.0 Å². The summed E-state index contributed by atoms with van der Waals surface area (Å²) in [4.78, 5) is 5.71. The van der Waals surface area contributed by atoms with E-state index in [0.717, 1.165) is 23.9 Å². The molecule has 1 aromatic heterocycles. The first-order chi connectivity index (χ1) is 8.74. The first-order valence-electron chi connectivity index (χ1n) is 5.79. The van der Waals surface area contributed by atoms with E-state index in [1.807, 2.05) is 31.3 Å². The normalized spacial score (nSPS) is 10.3. The third-order valence-corrected chi connectivity index (χ3v) is 3.37. The van der Waals surface area contributed by atoms with Crippen molar-refractivity contribution in [2.75, 3.05) is 11.6 Å². The average Bonchev–Trinajstić information content (AvgIpc) is 2.71. The molecular formula is C14H17N3S. The van der Waals surface area contributed by atoms with Gasteiger partial charge >= 0.3 is 0 Å². The van der Waals surface area contributed by atoms with Crippen LogP contribution in [0.1, 0.15) is 5.69 Å². The molecule has 1 aromatic carbocycles. The molecule has 2 aromatic rings. The van der Waals surface area contributed by atoms with Crippen molar-refractivity contribution in [3.8, 4) is 0 Å². The zero-order valence-corrected chi connectivity index (χ0v) is 11.5. The van der Waals surface area contributed by atoms with Crippen molar-refractivity contribution in [3.05, 3.63) is 48.8 Å². The van der Waals surface area contributed by atoms with Gasteiger partial charge in [0.25, 0.3) is 0 Å². The van der Waals surface area contributed by atoms with Crippen molar-refractivity contribution >= 4 is 23.4 Å². The van der Waals surface area contributed by atoms with E-state index in [0.29, 0.717) is 0 Å². The average molecular weight is 259 g/mol. The van der Waals surface area contributed by atoms with Crippen LogP contribution >= 0.6 is 11.8 Å². The fourth-order valence-electron chi connectivity index (χ4n) is 1.79. The smallest absolute Gasteiger partial charge is 0.207 e. The van der Waals surface area contributed by atoms with Gasteiger partial charge < -0.3 is 9.88 Å². The van der Waals surface area contributed by atoms with Gasteiger partial charge in [0.1, 0.15) is 0 Å². The Kier molecular flexibility index (Phi) is 4.10. The Balaban J connectivity index is 2.30. The largest absolute Gasteiger partial charge is 0.325 e. The van der Waals surface area contributed by atoms with E-state index in [4.69, 9.17) is 0 Å². The summed E-state index contributed by atoms with van der Waals surface area (Å²) in [5.74, 6) is 0.855. The second-order valence-electron chi connectivity index (χ2n) is 3.97. The molecule has 0 atom stereocenters. The fourth-order valence-corrected chi connectivity index (χ4v) is 2.35. The monoisotopic (exact) mass is 259 g/mol. The molecular weight excluding hydrogens is 242 g/mol. The van der Waals surface area contributed by atoms with Gasteiger partial charge in [-0.15, -0.1) is 18.3 Å². The summed E-state index contributed by atoms with van der Waals surface area (Å²) in [5, 5.41) is 3.38. The van der Waals surface area contributed by atoms with E-state index >= 15 is 0 Å². The summed E-state index contributed by atoms with van der Waals surface area (Å²) in [6.45, 7) is 6.51. The summed E-state index contributed by atoms with van der Waals surface area (Å²) in [6, 6.07) is 8.23. The molecule has 0 aliphatic rings. The number of thioether (sulfide) groups is 1. The van der Waals surface area contributed by atoms with Gasteiger partial charge in [0.05, 0.1) is 11.4 Å². The lowest BCUT2D eigenvalue weighted by molar-refractivity contribution is 0.831. The Hall–Kier alpha value is -1.68. The van der Waals surface area contributed by atoms with Crippen LogP contribution in [0, 0.1) is 6.92 Å². The summed E-state index contributed by atoms with van der Waals surface area (Å²) in [5.41, 5.74) is 2.09. The highest BCUT2D eigenvalue weighted by Gasteiger charge is 2.07. The van der Waals surface area contributed by atoms with Crippen molar-refractivity contribution in [1.82, 2.24) is 9.55 Å². The summed E-state index contributed by atoms with van der Waals surface area (Å²) >= 11 is 1.72. The number of hydrogen-bond donors (Lipinski definition) is 1. The molecule has 0 aliphatic carbocycles. The summed E-state index contributed by atoms with van der Waals surface area (Å²) in [6.07, 6.45) is 5.96. The van der Waals surface area contributed by atoms with Gasteiger partial charge in [-0.25, -0.2) is 4.98 Å². The minimum Gasteiger partial charge on any atom is -0.325 e. The lowest BCUT2D eigenvalue weighted by Gasteiger charge is -2.10. The molecule has 0 saturated carbocycles. The molecule has 3 nitrogen and oxygen atoms in total. The van der Waals surface area contributed by atoms with Gasteiger partial charge in [-0.1, -0.05) is 18.2 Å². The molecule has 0 fully saturated rings. The van der Waals surface area contributed by atoms with Crippen molar-refractivity contribution in [2.45, 2.75) is 18.4 Å². The van der Waals surface area contributed by atoms with Crippen molar-refractivity contribution < 1.29 is 0 Å². The molecule has 0 saturated heterocycles. The van der Waals surface area contributed by atoms with Crippen LogP contribution in [0.25, 0.3) is 0 Å². The van der Waals surface area contributed by atoms with Crippen molar-refractivity contribution in [1.29, 1.82) is 0 Å². The number of nitrogens with zero attached hydrogens (tertiary/aromatic N) is 2. The Labute approximate surface area is 112 Å². The number of hydrogen-bond acceptors (Lipinski definition) is 3. The molecule has 0 amide bonds. The van der Waals surface area contributed by atoms with E-state index in [1.165, 1.54) is 4.90 Å². The van der Waals surface area contributed by atoms with E-state index in [9.17, 15) is 0 Å². The number of rotatable bonds is 5. The lowest BCUT2D eigenvalue weighted by atomic mass is 10.3. The van der Waals surface area contributed by atoms with Crippen LogP contribution < -0.4 is 5.32 Å². The Bertz CT molecular complexity index is 546. The number of aromatic nitrogens is 2. The fraction of sp³-hybridized carbons (Fsp3) is 0.214. The maximum Gasteiger partial charge on any atom is 0.207 e. The van der Waals surface area contributed by atoms with Crippen LogP contribution in [0.4, 0.5) is 11.6 Å². The number of nitrogens with one attached hydrogen (secondary N) is 1. The third kappa shape index (κ3) is 2.76. The zero-order chi connectivity index (χ0) is 13.0. The molecule has 0 unspecified atom stereocenters. The molecule has 4 heteroatoms. The predicted octanol–water partition coefficient (Wildman–Crippen LogP) is 3.84. The number of benzene rings is 1. The van der Waals surface area contributed by atoms with Gasteiger partial charge in [0.2, 0.25) is 5.95 Å². The standard InChI is InChI=1S/C14H17N3S/c1-4-9-17-10-11(2)15-14(17)16-12-7-5-6-8-13(12)18-3/h4-8,10H,1,9H2,2-3H3,(H,15,16). The highest BCUT2D eigenvalue weighted by molar-refractivity contribution is 7.98. The maximum absolute atomic E-state index is 4.49. The SMILES string of the molecule is C=CCn1cc(C)nc1Nc1ccccc1SC. The summed E-state index contributed by atoms with van der Waals surface area (Å²) < 4.78 is 2.06. The van der Waals surface area contributed by atoms with Gasteiger partial charge in [-0.3, -0.25) is 0 Å². The van der Waals surface area contributed by atoms with Crippen LogP contribution in [0.3, 0.4) is 0 Å². The number of imidazole rings is 1. The highest BCUT2D eigenvalue weighted by atomic mass is 32.2. The van der Waals surface area contributed by atoms with E-state index in [-0.39, 0.29) is 0 Å². The van der Waals surface area contributed by atoms with Gasteiger partial charge in [0, 0.05) is 17.6 Å². The maximum atomic E-state index is 4.49. The molecule has 0 spiro atoms. The quantitative estimate of drug-likeness (QED) is 0.653. The number of allylic oxidation sites excluding steroid dienone is 1. The molecule has 18 heavy (non-hydrogen) atoms. The minimum absolute atomic E-state index is 0.755. The molecule has 1 heterocycles. The second kappa shape index (κ2) is 5.78. The van der Waals surface area contributed by atoms with E-state index < -0.39 is 0 Å². The first-order valence-corrected chi connectivity index (χ1v) is 7.01. The number of anilines is 2. The van der Waals surface area contributed by atoms with Gasteiger partial charge in [0.15, 0.2) is 0 Å². The van der Waals surface area contributed by atoms with Gasteiger partial charge in [-0.05, 0) is 25.3 Å². The topological polar surface area (TPSA) is 29.9 Å². The van der Waals surface area contributed by atoms with Crippen LogP contribution in [0.5, 0.6) is 0 Å². The first kappa shape index (κ1) is 12.8. The predicted molar refractivity (Wildman–Crippen MR) is 78.7 cm³/mol. The zero-order valence-electron chi connectivity index (χ0n) is 10.7. The van der Waals surface area contributed by atoms with Crippen LogP contribution in [0.2, 0.25) is 0 Å². The molecule has 94 valence electrons. The molecule has 1 N–H and O–H groups in total. The van der Waals surface area contributed by atoms with Crippen LogP contribution in [-0.4, -0.2) is 15.8 Å². The molecule has 2 rings (SSSR count). The van der Waals surface area contributed by atoms with E-state index in [2.05, 4.69) is 39.8 Å². The number of para-hydroxylation sites is 1.